The van der Waals surface area contributed by atoms with Crippen molar-refractivity contribution < 1.29 is 22.7 Å². The van der Waals surface area contributed by atoms with Crippen LogP contribution in [0.15, 0.2) is 53.4 Å². The minimum absolute atomic E-state index is 0.136. The van der Waals surface area contributed by atoms with Gasteiger partial charge in [-0.1, -0.05) is 13.8 Å². The van der Waals surface area contributed by atoms with E-state index >= 15 is 0 Å². The molecule has 9 heteroatoms. The molecule has 0 aliphatic carbocycles. The topological polar surface area (TPSA) is 96.0 Å². The zero-order valence-electron chi connectivity index (χ0n) is 20.3. The predicted molar refractivity (Wildman–Crippen MR) is 132 cm³/mol. The van der Waals surface area contributed by atoms with E-state index in [1.807, 2.05) is 45.0 Å². The maximum absolute atomic E-state index is 13.0. The van der Waals surface area contributed by atoms with Crippen molar-refractivity contribution in [3.63, 3.8) is 0 Å². The number of carbonyl (C=O) groups excluding carboxylic acids is 2. The number of nitrogens with zero attached hydrogens (tertiary/aromatic N) is 2. The predicted octanol–water partition coefficient (Wildman–Crippen LogP) is 3.60. The number of rotatable bonds is 7. The lowest BCUT2D eigenvalue weighted by molar-refractivity contribution is -0.123. The molecule has 3 atom stereocenters. The van der Waals surface area contributed by atoms with Crippen LogP contribution in [0.25, 0.3) is 0 Å². The standard InChI is InChI=1S/C25H33N3O5S/c1-17-14-18(2)16-28(15-17)34(31,32)23-12-6-20(7-13-23)25(30)33-19(3)24(29)26-21-8-10-22(11-9-21)27(4)5/h6-13,17-19H,14-16H2,1-5H3,(H,26,29). The molecule has 184 valence electrons. The summed E-state index contributed by atoms with van der Waals surface area (Å²) < 4.78 is 32.8. The third-order valence-corrected chi connectivity index (χ3v) is 7.71. The summed E-state index contributed by atoms with van der Waals surface area (Å²) in [7, 11) is 0.209. The van der Waals surface area contributed by atoms with Crippen molar-refractivity contribution in [2.45, 2.75) is 38.2 Å². The quantitative estimate of drug-likeness (QED) is 0.600. The van der Waals surface area contributed by atoms with E-state index in [1.165, 1.54) is 35.5 Å². The van der Waals surface area contributed by atoms with Crippen LogP contribution in [0.4, 0.5) is 11.4 Å². The summed E-state index contributed by atoms with van der Waals surface area (Å²) in [6.45, 7) is 6.56. The molecular weight excluding hydrogens is 454 g/mol. The van der Waals surface area contributed by atoms with Crippen molar-refractivity contribution >= 4 is 33.3 Å². The molecule has 1 aliphatic heterocycles. The molecular formula is C25H33N3O5S. The first-order valence-corrected chi connectivity index (χ1v) is 12.8. The molecule has 2 aromatic carbocycles. The number of benzene rings is 2. The monoisotopic (exact) mass is 487 g/mol. The molecule has 0 bridgehead atoms. The van der Waals surface area contributed by atoms with Gasteiger partial charge in [0.15, 0.2) is 6.10 Å². The van der Waals surface area contributed by atoms with Gasteiger partial charge in [-0.25, -0.2) is 13.2 Å². The maximum atomic E-state index is 13.0. The second kappa shape index (κ2) is 10.6. The highest BCUT2D eigenvalue weighted by Gasteiger charge is 2.31. The summed E-state index contributed by atoms with van der Waals surface area (Å²) >= 11 is 0. The number of amides is 1. The second-order valence-electron chi connectivity index (χ2n) is 9.27. The van der Waals surface area contributed by atoms with E-state index in [2.05, 4.69) is 5.32 Å². The van der Waals surface area contributed by atoms with Crippen LogP contribution < -0.4 is 10.2 Å². The minimum atomic E-state index is -3.64. The Morgan fingerprint density at radius 1 is 1.00 bits per heavy atom. The number of anilines is 2. The average molecular weight is 488 g/mol. The lowest BCUT2D eigenvalue weighted by Gasteiger charge is -2.34. The number of hydrogen-bond acceptors (Lipinski definition) is 6. The van der Waals surface area contributed by atoms with Gasteiger partial charge >= 0.3 is 5.97 Å². The summed E-state index contributed by atoms with van der Waals surface area (Å²) in [5.41, 5.74) is 1.76. The summed E-state index contributed by atoms with van der Waals surface area (Å²) in [6.07, 6.45) is -0.0232. The molecule has 0 aromatic heterocycles. The van der Waals surface area contributed by atoms with E-state index in [-0.39, 0.29) is 10.5 Å². The molecule has 8 nitrogen and oxygen atoms in total. The molecule has 1 aliphatic rings. The summed E-state index contributed by atoms with van der Waals surface area (Å²) in [6, 6.07) is 12.9. The number of ether oxygens (including phenoxy) is 1. The van der Waals surface area contributed by atoms with Gasteiger partial charge in [0.05, 0.1) is 10.5 Å². The number of nitrogens with one attached hydrogen (secondary N) is 1. The molecule has 0 saturated carbocycles. The molecule has 3 unspecified atom stereocenters. The zero-order chi connectivity index (χ0) is 25.0. The minimum Gasteiger partial charge on any atom is -0.449 e. The van der Waals surface area contributed by atoms with Crippen LogP contribution in [-0.2, 0) is 19.6 Å². The van der Waals surface area contributed by atoms with Crippen LogP contribution in [0.1, 0.15) is 37.6 Å². The van der Waals surface area contributed by atoms with E-state index in [1.54, 1.807) is 12.1 Å². The van der Waals surface area contributed by atoms with Crippen LogP contribution in [0.3, 0.4) is 0 Å². The summed E-state index contributed by atoms with van der Waals surface area (Å²) in [4.78, 5) is 27.0. The van der Waals surface area contributed by atoms with Crippen molar-refractivity contribution in [2.75, 3.05) is 37.4 Å². The van der Waals surface area contributed by atoms with E-state index in [9.17, 15) is 18.0 Å². The summed E-state index contributed by atoms with van der Waals surface area (Å²) in [5.74, 6) is -0.564. The smallest absolute Gasteiger partial charge is 0.338 e. The Balaban J connectivity index is 1.61. The molecule has 2 aromatic rings. The molecule has 34 heavy (non-hydrogen) atoms. The SMILES string of the molecule is CC1CC(C)CN(S(=O)(=O)c2ccc(C(=O)OC(C)C(=O)Nc3ccc(N(C)C)cc3)cc2)C1. The Hall–Kier alpha value is -2.91. The molecule has 1 N–H and O–H groups in total. The van der Waals surface area contributed by atoms with Crippen molar-refractivity contribution in [1.29, 1.82) is 0 Å². The number of piperidine rings is 1. The maximum Gasteiger partial charge on any atom is 0.338 e. The van der Waals surface area contributed by atoms with Crippen molar-refractivity contribution in [3.05, 3.63) is 54.1 Å². The van der Waals surface area contributed by atoms with Gasteiger partial charge in [-0.3, -0.25) is 4.79 Å². The van der Waals surface area contributed by atoms with Gasteiger partial charge in [0, 0.05) is 38.6 Å². The number of sulfonamides is 1. The Morgan fingerprint density at radius 2 is 1.56 bits per heavy atom. The molecule has 1 fully saturated rings. The van der Waals surface area contributed by atoms with E-state index < -0.39 is 28.0 Å². The highest BCUT2D eigenvalue weighted by molar-refractivity contribution is 7.89. The van der Waals surface area contributed by atoms with Crippen LogP contribution in [0.5, 0.6) is 0 Å². The highest BCUT2D eigenvalue weighted by atomic mass is 32.2. The Morgan fingerprint density at radius 3 is 2.09 bits per heavy atom. The number of hydrogen-bond donors (Lipinski definition) is 1. The number of esters is 1. The van der Waals surface area contributed by atoms with Gasteiger partial charge in [-0.15, -0.1) is 0 Å². The van der Waals surface area contributed by atoms with Gasteiger partial charge in [0.1, 0.15) is 0 Å². The van der Waals surface area contributed by atoms with Crippen molar-refractivity contribution in [2.24, 2.45) is 11.8 Å². The average Bonchev–Trinajstić information content (AvgIpc) is 2.78. The van der Waals surface area contributed by atoms with Gasteiger partial charge in [-0.05, 0) is 73.7 Å². The van der Waals surface area contributed by atoms with Crippen LogP contribution >= 0.6 is 0 Å². The Kier molecular flexibility index (Phi) is 7.99. The Labute approximate surface area is 201 Å². The van der Waals surface area contributed by atoms with Crippen molar-refractivity contribution in [1.82, 2.24) is 4.31 Å². The largest absolute Gasteiger partial charge is 0.449 e. The normalized spacial score (nSPS) is 19.8. The first-order chi connectivity index (χ1) is 16.0. The molecule has 3 rings (SSSR count). The fourth-order valence-corrected chi connectivity index (χ4v) is 5.76. The van der Waals surface area contributed by atoms with Crippen LogP contribution in [0, 0.1) is 11.8 Å². The lowest BCUT2D eigenvalue weighted by Crippen LogP contribution is -2.42. The van der Waals surface area contributed by atoms with E-state index in [0.717, 1.165) is 12.1 Å². The highest BCUT2D eigenvalue weighted by Crippen LogP contribution is 2.27. The molecule has 1 heterocycles. The fourth-order valence-electron chi connectivity index (χ4n) is 4.08. The third-order valence-electron chi connectivity index (χ3n) is 5.87. The van der Waals surface area contributed by atoms with Crippen LogP contribution in [-0.4, -0.2) is 57.9 Å². The Bertz CT molecular complexity index is 1100. The van der Waals surface area contributed by atoms with Crippen LogP contribution in [0.2, 0.25) is 0 Å². The summed E-state index contributed by atoms with van der Waals surface area (Å²) in [5, 5.41) is 2.72. The zero-order valence-corrected chi connectivity index (χ0v) is 21.1. The fraction of sp³-hybridized carbons (Fsp3) is 0.440. The molecule has 1 amide bonds. The molecule has 1 saturated heterocycles. The van der Waals surface area contributed by atoms with Gasteiger partial charge in [0.2, 0.25) is 10.0 Å². The third kappa shape index (κ3) is 6.15. The molecule has 0 spiro atoms. The van der Waals surface area contributed by atoms with Gasteiger partial charge in [0.25, 0.3) is 5.91 Å². The molecule has 0 radical (unpaired) electrons. The first-order valence-electron chi connectivity index (χ1n) is 11.4. The second-order valence-corrected chi connectivity index (χ2v) is 11.2. The van der Waals surface area contributed by atoms with E-state index in [4.69, 9.17) is 4.74 Å². The first kappa shape index (κ1) is 25.7. The van der Waals surface area contributed by atoms with E-state index in [0.29, 0.717) is 30.6 Å². The van der Waals surface area contributed by atoms with Gasteiger partial charge in [-0.2, -0.15) is 4.31 Å². The lowest BCUT2D eigenvalue weighted by atomic mass is 9.94. The van der Waals surface area contributed by atoms with Gasteiger partial charge < -0.3 is 15.0 Å². The van der Waals surface area contributed by atoms with Crippen molar-refractivity contribution in [3.8, 4) is 0 Å². The number of carbonyl (C=O) groups is 2.